The topological polar surface area (TPSA) is 101 Å². The van der Waals surface area contributed by atoms with Gasteiger partial charge in [0.1, 0.15) is 5.69 Å². The number of anilines is 1. The third-order valence-electron chi connectivity index (χ3n) is 3.94. The van der Waals surface area contributed by atoms with Crippen molar-refractivity contribution >= 4 is 33.0 Å². The Labute approximate surface area is 178 Å². The molecule has 0 unspecified atom stereocenters. The SMILES string of the molecule is C[C@H](/C=C/S(C)(=O)=O)NC(=O)c1ncc(N[C@@H](C)c2ccccc2Cl)c(C(F)F)n1. The van der Waals surface area contributed by atoms with E-state index >= 15 is 0 Å². The summed E-state index contributed by atoms with van der Waals surface area (Å²) in [4.78, 5) is 19.8. The molecule has 2 N–H and O–H groups in total. The number of hydrogen-bond donors (Lipinski definition) is 2. The first-order valence-corrected chi connectivity index (χ1v) is 11.2. The number of carbonyl (C=O) groups is 1. The van der Waals surface area contributed by atoms with Gasteiger partial charge in [-0.25, -0.2) is 27.2 Å². The van der Waals surface area contributed by atoms with Gasteiger partial charge in [0.05, 0.1) is 17.9 Å². The Morgan fingerprint density at radius 3 is 2.50 bits per heavy atom. The Balaban J connectivity index is 2.21. The lowest BCUT2D eigenvalue weighted by molar-refractivity contribution is 0.0934. The zero-order valence-electron chi connectivity index (χ0n) is 16.4. The molecule has 30 heavy (non-hydrogen) atoms. The van der Waals surface area contributed by atoms with Crippen LogP contribution in [0, 0.1) is 0 Å². The predicted molar refractivity (Wildman–Crippen MR) is 111 cm³/mol. The van der Waals surface area contributed by atoms with Gasteiger partial charge in [-0.05, 0) is 25.5 Å². The van der Waals surface area contributed by atoms with Crippen LogP contribution >= 0.6 is 11.6 Å². The molecular formula is C19H21ClF2N4O3S. The number of nitrogens with zero attached hydrogens (tertiary/aromatic N) is 2. The quantitative estimate of drug-likeness (QED) is 0.621. The first-order valence-electron chi connectivity index (χ1n) is 8.83. The molecule has 7 nitrogen and oxygen atoms in total. The molecule has 1 aromatic carbocycles. The van der Waals surface area contributed by atoms with E-state index in [1.165, 1.54) is 13.0 Å². The first-order chi connectivity index (χ1) is 14.0. The molecule has 1 heterocycles. The zero-order chi connectivity index (χ0) is 22.5. The highest BCUT2D eigenvalue weighted by Crippen LogP contribution is 2.30. The van der Waals surface area contributed by atoms with Crippen LogP contribution in [-0.4, -0.2) is 36.6 Å². The molecule has 11 heteroatoms. The van der Waals surface area contributed by atoms with Gasteiger partial charge in [0, 0.05) is 22.7 Å². The minimum absolute atomic E-state index is 0.0287. The summed E-state index contributed by atoms with van der Waals surface area (Å²) < 4.78 is 49.4. The van der Waals surface area contributed by atoms with Gasteiger partial charge in [-0.15, -0.1) is 0 Å². The minimum Gasteiger partial charge on any atom is -0.376 e. The van der Waals surface area contributed by atoms with E-state index in [0.29, 0.717) is 10.6 Å². The second-order valence-corrected chi connectivity index (χ2v) is 8.94. The molecule has 0 aliphatic heterocycles. The average Bonchev–Trinajstić information content (AvgIpc) is 2.66. The van der Waals surface area contributed by atoms with Gasteiger partial charge in [0.25, 0.3) is 12.3 Å². The van der Waals surface area contributed by atoms with Crippen molar-refractivity contribution in [1.29, 1.82) is 0 Å². The highest BCUT2D eigenvalue weighted by molar-refractivity contribution is 7.93. The van der Waals surface area contributed by atoms with Crippen LogP contribution in [0.25, 0.3) is 0 Å². The third-order valence-corrected chi connectivity index (χ3v) is 4.94. The van der Waals surface area contributed by atoms with Crippen LogP contribution in [-0.2, 0) is 9.84 Å². The molecule has 0 bridgehead atoms. The van der Waals surface area contributed by atoms with Crippen molar-refractivity contribution in [3.8, 4) is 0 Å². The number of rotatable bonds is 8. The van der Waals surface area contributed by atoms with Crippen molar-refractivity contribution in [2.45, 2.75) is 32.4 Å². The van der Waals surface area contributed by atoms with Crippen molar-refractivity contribution in [1.82, 2.24) is 15.3 Å². The van der Waals surface area contributed by atoms with E-state index in [4.69, 9.17) is 11.6 Å². The maximum atomic E-state index is 13.6. The molecule has 0 fully saturated rings. The normalized spacial score (nSPS) is 14.0. The first kappa shape index (κ1) is 23.7. The van der Waals surface area contributed by atoms with Crippen molar-refractivity contribution in [2.24, 2.45) is 0 Å². The molecule has 2 atom stereocenters. The summed E-state index contributed by atoms with van der Waals surface area (Å²) in [6.07, 6.45) is 0.407. The average molecular weight is 459 g/mol. The monoisotopic (exact) mass is 458 g/mol. The summed E-state index contributed by atoms with van der Waals surface area (Å²) in [5.74, 6) is -1.27. The van der Waals surface area contributed by atoms with Gasteiger partial charge in [0.2, 0.25) is 5.82 Å². The van der Waals surface area contributed by atoms with Gasteiger partial charge in [-0.1, -0.05) is 35.9 Å². The second-order valence-electron chi connectivity index (χ2n) is 6.60. The molecule has 0 radical (unpaired) electrons. The highest BCUT2D eigenvalue weighted by Gasteiger charge is 2.22. The lowest BCUT2D eigenvalue weighted by atomic mass is 10.1. The maximum Gasteiger partial charge on any atom is 0.289 e. The van der Waals surface area contributed by atoms with Crippen LogP contribution in [0.5, 0.6) is 0 Å². The Morgan fingerprint density at radius 2 is 1.90 bits per heavy atom. The van der Waals surface area contributed by atoms with Crippen molar-refractivity contribution in [3.63, 3.8) is 0 Å². The van der Waals surface area contributed by atoms with Crippen molar-refractivity contribution in [2.75, 3.05) is 11.6 Å². The minimum atomic E-state index is -3.36. The van der Waals surface area contributed by atoms with Crippen LogP contribution in [0.3, 0.4) is 0 Å². The lowest BCUT2D eigenvalue weighted by Crippen LogP contribution is -2.32. The Hall–Kier alpha value is -2.59. The molecule has 0 aliphatic rings. The fourth-order valence-corrected chi connectivity index (χ4v) is 3.32. The van der Waals surface area contributed by atoms with E-state index in [0.717, 1.165) is 17.9 Å². The molecule has 0 spiro atoms. The van der Waals surface area contributed by atoms with E-state index < -0.39 is 45.8 Å². The molecular weight excluding hydrogens is 438 g/mol. The van der Waals surface area contributed by atoms with E-state index in [1.54, 1.807) is 31.2 Å². The number of amides is 1. The standard InChI is InChI=1S/C19H21ClF2N4O3S/c1-11(8-9-30(3,28)29)24-19(27)18-23-10-15(16(26-18)17(21)22)25-12(2)13-6-4-5-7-14(13)20/h4-12,17,25H,1-3H3,(H,24,27)/b9-8+/t11-,12+/m1/s1. The van der Waals surface area contributed by atoms with Gasteiger partial charge >= 0.3 is 0 Å². The third kappa shape index (κ3) is 6.74. The number of sulfone groups is 1. The number of benzene rings is 1. The number of alkyl halides is 2. The fourth-order valence-electron chi connectivity index (χ4n) is 2.50. The van der Waals surface area contributed by atoms with Crippen LogP contribution in [0.4, 0.5) is 14.5 Å². The van der Waals surface area contributed by atoms with E-state index in [9.17, 15) is 22.0 Å². The summed E-state index contributed by atoms with van der Waals surface area (Å²) in [6, 6.07) is 5.88. The molecule has 1 aromatic heterocycles. The number of nitrogens with one attached hydrogen (secondary N) is 2. The number of carbonyl (C=O) groups excluding carboxylic acids is 1. The number of hydrogen-bond acceptors (Lipinski definition) is 6. The molecule has 0 saturated heterocycles. The molecule has 1 amide bonds. The Morgan fingerprint density at radius 1 is 1.23 bits per heavy atom. The van der Waals surface area contributed by atoms with Crippen LogP contribution < -0.4 is 10.6 Å². The number of halogens is 3. The van der Waals surface area contributed by atoms with Gasteiger partial charge in [0.15, 0.2) is 9.84 Å². The molecule has 162 valence electrons. The van der Waals surface area contributed by atoms with E-state index in [1.807, 2.05) is 0 Å². The van der Waals surface area contributed by atoms with Gasteiger partial charge in [-0.3, -0.25) is 4.79 Å². The summed E-state index contributed by atoms with van der Waals surface area (Å²) in [5.41, 5.74) is 0.0417. The molecule has 0 saturated carbocycles. The lowest BCUT2D eigenvalue weighted by Gasteiger charge is -2.19. The van der Waals surface area contributed by atoms with Crippen LogP contribution in [0.1, 0.15) is 48.2 Å². The number of aromatic nitrogens is 2. The Bertz CT molecular complexity index is 1050. The van der Waals surface area contributed by atoms with Gasteiger partial charge < -0.3 is 10.6 Å². The summed E-state index contributed by atoms with van der Waals surface area (Å²) in [6.45, 7) is 3.27. The summed E-state index contributed by atoms with van der Waals surface area (Å²) in [5, 5.41) is 6.74. The van der Waals surface area contributed by atoms with Gasteiger partial charge in [-0.2, -0.15) is 0 Å². The molecule has 2 aromatic rings. The fraction of sp³-hybridized carbons (Fsp3) is 0.316. The Kier molecular flexibility index (Phi) is 7.85. The van der Waals surface area contributed by atoms with E-state index in [-0.39, 0.29) is 5.69 Å². The smallest absolute Gasteiger partial charge is 0.289 e. The molecule has 0 aliphatic carbocycles. The van der Waals surface area contributed by atoms with Crippen molar-refractivity contribution < 1.29 is 22.0 Å². The van der Waals surface area contributed by atoms with E-state index in [2.05, 4.69) is 20.6 Å². The predicted octanol–water partition coefficient (Wildman–Crippen LogP) is 3.92. The summed E-state index contributed by atoms with van der Waals surface area (Å²) >= 11 is 6.14. The summed E-state index contributed by atoms with van der Waals surface area (Å²) in [7, 11) is -3.36. The largest absolute Gasteiger partial charge is 0.376 e. The van der Waals surface area contributed by atoms with Crippen LogP contribution in [0.15, 0.2) is 41.9 Å². The second kappa shape index (κ2) is 9.94. The maximum absolute atomic E-state index is 13.6. The highest BCUT2D eigenvalue weighted by atomic mass is 35.5. The zero-order valence-corrected chi connectivity index (χ0v) is 18.0. The van der Waals surface area contributed by atoms with Crippen LogP contribution in [0.2, 0.25) is 5.02 Å². The molecule has 2 rings (SSSR count). The van der Waals surface area contributed by atoms with Crippen molar-refractivity contribution in [3.05, 3.63) is 64.1 Å².